The van der Waals surface area contributed by atoms with Crippen LogP contribution in [0.15, 0.2) is 24.3 Å². The van der Waals surface area contributed by atoms with Crippen LogP contribution in [0, 0.1) is 12.8 Å². The van der Waals surface area contributed by atoms with Gasteiger partial charge in [0.2, 0.25) is 0 Å². The maximum Gasteiger partial charge on any atom is 0.258 e. The lowest BCUT2D eigenvalue weighted by Crippen LogP contribution is -2.43. The molecule has 0 aliphatic rings. The molecule has 18 heavy (non-hydrogen) atoms. The van der Waals surface area contributed by atoms with Gasteiger partial charge in [-0.15, -0.1) is 0 Å². The van der Waals surface area contributed by atoms with Crippen molar-refractivity contribution in [2.75, 3.05) is 13.2 Å². The Morgan fingerprint density at radius 3 is 2.72 bits per heavy atom. The number of carbonyl (C=O) groups excluding carboxylic acids is 1. The number of hydrogen-bond donors (Lipinski definition) is 2. The van der Waals surface area contributed by atoms with Crippen molar-refractivity contribution in [2.45, 2.75) is 26.8 Å². The van der Waals surface area contributed by atoms with Crippen molar-refractivity contribution in [2.24, 2.45) is 5.92 Å². The normalized spacial score (nSPS) is 12.3. The van der Waals surface area contributed by atoms with E-state index in [1.165, 1.54) is 0 Å². The molecule has 0 radical (unpaired) electrons. The van der Waals surface area contributed by atoms with Crippen LogP contribution in [0.25, 0.3) is 0 Å². The van der Waals surface area contributed by atoms with Gasteiger partial charge in [0, 0.05) is 0 Å². The number of aliphatic hydroxyl groups excluding tert-OH is 1. The van der Waals surface area contributed by atoms with Crippen LogP contribution in [0.4, 0.5) is 0 Å². The summed E-state index contributed by atoms with van der Waals surface area (Å²) in [5.74, 6) is 0.650. The number of hydrogen-bond acceptors (Lipinski definition) is 3. The Hall–Kier alpha value is -1.55. The van der Waals surface area contributed by atoms with E-state index < -0.39 is 0 Å². The SMILES string of the molecule is Cc1cccc(OCC(=O)NC(CO)C(C)C)c1. The van der Waals surface area contributed by atoms with Crippen molar-refractivity contribution in [1.29, 1.82) is 0 Å². The number of aryl methyl sites for hydroxylation is 1. The fraction of sp³-hybridized carbons (Fsp3) is 0.500. The first kappa shape index (κ1) is 14.5. The highest BCUT2D eigenvalue weighted by atomic mass is 16.5. The average Bonchev–Trinajstić information content (AvgIpc) is 2.33. The third kappa shape index (κ3) is 4.75. The van der Waals surface area contributed by atoms with Crippen LogP contribution in [-0.4, -0.2) is 30.3 Å². The monoisotopic (exact) mass is 251 g/mol. The van der Waals surface area contributed by atoms with Crippen LogP contribution < -0.4 is 10.1 Å². The van der Waals surface area contributed by atoms with Gasteiger partial charge >= 0.3 is 0 Å². The smallest absolute Gasteiger partial charge is 0.258 e. The molecule has 0 saturated heterocycles. The fourth-order valence-corrected chi connectivity index (χ4v) is 1.53. The number of benzene rings is 1. The molecular formula is C14H21NO3. The van der Waals surface area contributed by atoms with E-state index >= 15 is 0 Å². The van der Waals surface area contributed by atoms with Gasteiger partial charge in [0.25, 0.3) is 5.91 Å². The molecule has 0 heterocycles. The highest BCUT2D eigenvalue weighted by Crippen LogP contribution is 2.12. The predicted molar refractivity (Wildman–Crippen MR) is 70.5 cm³/mol. The van der Waals surface area contributed by atoms with Crippen LogP contribution in [0.3, 0.4) is 0 Å². The van der Waals surface area contributed by atoms with E-state index in [1.54, 1.807) is 0 Å². The molecule has 4 nitrogen and oxygen atoms in total. The second-order valence-corrected chi connectivity index (χ2v) is 4.71. The quantitative estimate of drug-likeness (QED) is 0.805. The third-order valence-corrected chi connectivity index (χ3v) is 2.71. The van der Waals surface area contributed by atoms with Crippen LogP contribution in [-0.2, 0) is 4.79 Å². The highest BCUT2D eigenvalue weighted by Gasteiger charge is 2.15. The average molecular weight is 251 g/mol. The molecule has 1 aromatic carbocycles. The van der Waals surface area contributed by atoms with Gasteiger partial charge in [-0.2, -0.15) is 0 Å². The molecule has 100 valence electrons. The Morgan fingerprint density at radius 2 is 2.17 bits per heavy atom. The summed E-state index contributed by atoms with van der Waals surface area (Å²) < 4.78 is 5.38. The van der Waals surface area contributed by atoms with Crippen LogP contribution in [0.5, 0.6) is 5.75 Å². The van der Waals surface area contributed by atoms with E-state index in [-0.39, 0.29) is 31.1 Å². The molecule has 0 aromatic heterocycles. The maximum atomic E-state index is 11.6. The molecule has 0 aliphatic carbocycles. The standard InChI is InChI=1S/C14H21NO3/c1-10(2)13(8-16)15-14(17)9-18-12-6-4-5-11(3)7-12/h4-7,10,13,16H,8-9H2,1-3H3,(H,15,17). The minimum Gasteiger partial charge on any atom is -0.484 e. The van der Waals surface area contributed by atoms with Gasteiger partial charge in [-0.05, 0) is 30.5 Å². The molecule has 1 unspecified atom stereocenters. The van der Waals surface area contributed by atoms with E-state index in [2.05, 4.69) is 5.32 Å². The third-order valence-electron chi connectivity index (χ3n) is 2.71. The lowest BCUT2D eigenvalue weighted by Gasteiger charge is -2.19. The lowest BCUT2D eigenvalue weighted by molar-refractivity contribution is -0.124. The Morgan fingerprint density at radius 1 is 1.44 bits per heavy atom. The first-order valence-corrected chi connectivity index (χ1v) is 6.12. The molecule has 2 N–H and O–H groups in total. The lowest BCUT2D eigenvalue weighted by atomic mass is 10.1. The van der Waals surface area contributed by atoms with E-state index in [0.717, 1.165) is 5.56 Å². The second-order valence-electron chi connectivity index (χ2n) is 4.71. The number of nitrogens with one attached hydrogen (secondary N) is 1. The largest absolute Gasteiger partial charge is 0.484 e. The molecular weight excluding hydrogens is 230 g/mol. The summed E-state index contributed by atoms with van der Waals surface area (Å²) in [4.78, 5) is 11.6. The van der Waals surface area contributed by atoms with Gasteiger partial charge in [0.05, 0.1) is 12.6 Å². The zero-order chi connectivity index (χ0) is 13.5. The number of aliphatic hydroxyl groups is 1. The summed E-state index contributed by atoms with van der Waals surface area (Å²) in [6.45, 7) is 5.76. The van der Waals surface area contributed by atoms with Crippen molar-refractivity contribution in [3.8, 4) is 5.75 Å². The summed E-state index contributed by atoms with van der Waals surface area (Å²) in [5.41, 5.74) is 1.09. The Balaban J connectivity index is 2.41. The van der Waals surface area contributed by atoms with Crippen LogP contribution in [0.1, 0.15) is 19.4 Å². The first-order valence-electron chi connectivity index (χ1n) is 6.12. The fourth-order valence-electron chi connectivity index (χ4n) is 1.53. The molecule has 0 fully saturated rings. The number of amides is 1. The molecule has 1 amide bonds. The summed E-state index contributed by atoms with van der Waals surface area (Å²) >= 11 is 0. The minimum absolute atomic E-state index is 0.0350. The number of carbonyl (C=O) groups is 1. The summed E-state index contributed by atoms with van der Waals surface area (Å²) in [5, 5.41) is 11.8. The van der Waals surface area contributed by atoms with Crippen molar-refractivity contribution in [3.05, 3.63) is 29.8 Å². The van der Waals surface area contributed by atoms with Crippen molar-refractivity contribution >= 4 is 5.91 Å². The van der Waals surface area contributed by atoms with Gasteiger partial charge in [-0.3, -0.25) is 4.79 Å². The summed E-state index contributed by atoms with van der Waals surface area (Å²) in [7, 11) is 0. The van der Waals surface area contributed by atoms with Gasteiger partial charge in [-0.25, -0.2) is 0 Å². The van der Waals surface area contributed by atoms with Gasteiger partial charge in [0.1, 0.15) is 5.75 Å². The molecule has 0 aliphatic heterocycles. The topological polar surface area (TPSA) is 58.6 Å². The number of ether oxygens (including phenoxy) is 1. The molecule has 0 saturated carbocycles. The predicted octanol–water partition coefficient (Wildman–Crippen LogP) is 1.51. The highest BCUT2D eigenvalue weighted by molar-refractivity contribution is 5.77. The molecule has 0 spiro atoms. The van der Waals surface area contributed by atoms with Gasteiger partial charge < -0.3 is 15.2 Å². The second kappa shape index (κ2) is 7.01. The Kier molecular flexibility index (Phi) is 5.65. The minimum atomic E-state index is -0.224. The van der Waals surface area contributed by atoms with Crippen LogP contribution in [0.2, 0.25) is 0 Å². The van der Waals surface area contributed by atoms with Gasteiger partial charge in [0.15, 0.2) is 6.61 Å². The molecule has 1 aromatic rings. The number of rotatable bonds is 6. The van der Waals surface area contributed by atoms with E-state index in [1.807, 2.05) is 45.0 Å². The Labute approximate surface area is 108 Å². The molecule has 1 rings (SSSR count). The molecule has 0 bridgehead atoms. The van der Waals surface area contributed by atoms with E-state index in [0.29, 0.717) is 5.75 Å². The van der Waals surface area contributed by atoms with Crippen molar-refractivity contribution in [1.82, 2.24) is 5.32 Å². The van der Waals surface area contributed by atoms with E-state index in [9.17, 15) is 4.79 Å². The van der Waals surface area contributed by atoms with E-state index in [4.69, 9.17) is 9.84 Å². The first-order chi connectivity index (χ1) is 8.52. The molecule has 1 atom stereocenters. The van der Waals surface area contributed by atoms with Crippen molar-refractivity contribution in [3.63, 3.8) is 0 Å². The van der Waals surface area contributed by atoms with Crippen molar-refractivity contribution < 1.29 is 14.6 Å². The summed E-state index contributed by atoms with van der Waals surface area (Å²) in [6, 6.07) is 7.31. The van der Waals surface area contributed by atoms with Gasteiger partial charge in [-0.1, -0.05) is 26.0 Å². The summed E-state index contributed by atoms with van der Waals surface area (Å²) in [6.07, 6.45) is 0. The van der Waals surface area contributed by atoms with Crippen LogP contribution >= 0.6 is 0 Å². The zero-order valence-corrected chi connectivity index (χ0v) is 11.1. The molecule has 4 heteroatoms. The maximum absolute atomic E-state index is 11.6. The Bertz CT molecular complexity index is 390. The zero-order valence-electron chi connectivity index (χ0n) is 11.1.